The van der Waals surface area contributed by atoms with Crippen molar-refractivity contribution < 1.29 is 4.79 Å². The summed E-state index contributed by atoms with van der Waals surface area (Å²) in [5.74, 6) is 0.168. The molecule has 2 heterocycles. The second kappa shape index (κ2) is 6.13. The summed E-state index contributed by atoms with van der Waals surface area (Å²) < 4.78 is 2.13. The van der Waals surface area contributed by atoms with Gasteiger partial charge in [0.2, 0.25) is 5.91 Å². The first-order valence-corrected chi connectivity index (χ1v) is 8.11. The van der Waals surface area contributed by atoms with Crippen molar-refractivity contribution in [2.45, 2.75) is 38.8 Å². The lowest BCUT2D eigenvalue weighted by molar-refractivity contribution is -0.123. The number of nitrogens with one attached hydrogen (secondary N) is 1. The maximum Gasteiger partial charge on any atom is 0.220 e. The molecule has 1 aromatic carbocycles. The van der Waals surface area contributed by atoms with Crippen LogP contribution in [-0.4, -0.2) is 40.5 Å². The van der Waals surface area contributed by atoms with E-state index in [9.17, 15) is 4.79 Å². The average Bonchev–Trinajstić information content (AvgIpc) is 2.77. The molecule has 1 aliphatic heterocycles. The minimum atomic E-state index is 0.168. The molecular weight excluding hydrogens is 274 g/mol. The van der Waals surface area contributed by atoms with Gasteiger partial charge < -0.3 is 9.88 Å². The van der Waals surface area contributed by atoms with Crippen molar-refractivity contribution >= 4 is 16.8 Å². The fraction of sp³-hybridized carbons (Fsp3) is 0.500. The van der Waals surface area contributed by atoms with Crippen LogP contribution in [0.3, 0.4) is 0 Å². The predicted octanol–water partition coefficient (Wildman–Crippen LogP) is 2.32. The van der Waals surface area contributed by atoms with Crippen LogP contribution in [0.5, 0.6) is 0 Å². The zero-order chi connectivity index (χ0) is 15.7. The lowest BCUT2D eigenvalue weighted by Gasteiger charge is -2.42. The Balaban J connectivity index is 1.53. The van der Waals surface area contributed by atoms with E-state index in [4.69, 9.17) is 0 Å². The molecule has 22 heavy (non-hydrogen) atoms. The van der Waals surface area contributed by atoms with E-state index >= 15 is 0 Å². The van der Waals surface area contributed by atoms with Gasteiger partial charge in [-0.1, -0.05) is 18.2 Å². The van der Waals surface area contributed by atoms with E-state index in [0.717, 1.165) is 19.5 Å². The summed E-state index contributed by atoms with van der Waals surface area (Å²) in [6.45, 7) is 6.35. The molecule has 1 amide bonds. The van der Waals surface area contributed by atoms with E-state index in [1.165, 1.54) is 16.5 Å². The summed E-state index contributed by atoms with van der Waals surface area (Å²) in [4.78, 5) is 14.5. The number of benzene rings is 1. The van der Waals surface area contributed by atoms with Crippen molar-refractivity contribution in [1.29, 1.82) is 0 Å². The highest BCUT2D eigenvalue weighted by molar-refractivity contribution is 5.85. The SMILES string of the molecule is CC(C)N1CC(NC(=O)CCc2cn(C)c3ccccc23)C1. The lowest BCUT2D eigenvalue weighted by atomic mass is 10.1. The molecule has 0 spiro atoms. The summed E-state index contributed by atoms with van der Waals surface area (Å²) in [5.41, 5.74) is 2.48. The molecule has 1 N–H and O–H groups in total. The highest BCUT2D eigenvalue weighted by atomic mass is 16.1. The van der Waals surface area contributed by atoms with E-state index in [1.54, 1.807) is 0 Å². The second-order valence-electron chi connectivity index (χ2n) is 6.59. The van der Waals surface area contributed by atoms with Gasteiger partial charge in [-0.15, -0.1) is 0 Å². The third kappa shape index (κ3) is 3.02. The van der Waals surface area contributed by atoms with Crippen molar-refractivity contribution in [2.24, 2.45) is 7.05 Å². The molecule has 4 heteroatoms. The van der Waals surface area contributed by atoms with E-state index in [-0.39, 0.29) is 5.91 Å². The fourth-order valence-electron chi connectivity index (χ4n) is 3.20. The highest BCUT2D eigenvalue weighted by Gasteiger charge is 2.29. The van der Waals surface area contributed by atoms with Crippen molar-refractivity contribution in [3.05, 3.63) is 36.0 Å². The molecule has 0 aliphatic carbocycles. The van der Waals surface area contributed by atoms with Gasteiger partial charge in [-0.05, 0) is 31.9 Å². The van der Waals surface area contributed by atoms with Gasteiger partial charge in [0.05, 0.1) is 6.04 Å². The van der Waals surface area contributed by atoms with Crippen molar-refractivity contribution in [1.82, 2.24) is 14.8 Å². The molecule has 4 nitrogen and oxygen atoms in total. The molecule has 2 aromatic rings. The second-order valence-corrected chi connectivity index (χ2v) is 6.59. The molecule has 118 valence electrons. The summed E-state index contributed by atoms with van der Waals surface area (Å²) >= 11 is 0. The number of hydrogen-bond donors (Lipinski definition) is 1. The maximum atomic E-state index is 12.1. The van der Waals surface area contributed by atoms with Crippen LogP contribution in [0.4, 0.5) is 0 Å². The van der Waals surface area contributed by atoms with Gasteiger partial charge in [0.1, 0.15) is 0 Å². The summed E-state index contributed by atoms with van der Waals surface area (Å²) in [7, 11) is 2.06. The molecule has 1 aromatic heterocycles. The van der Waals surface area contributed by atoms with Crippen LogP contribution in [0.2, 0.25) is 0 Å². The topological polar surface area (TPSA) is 37.3 Å². The molecular formula is C18H25N3O. The number of likely N-dealkylation sites (tertiary alicyclic amines) is 1. The number of carbonyl (C=O) groups excluding carboxylic acids is 1. The van der Waals surface area contributed by atoms with E-state index in [2.05, 4.69) is 66.1 Å². The predicted molar refractivity (Wildman–Crippen MR) is 89.9 cm³/mol. The van der Waals surface area contributed by atoms with Gasteiger partial charge >= 0.3 is 0 Å². The Morgan fingerprint density at radius 3 is 2.77 bits per heavy atom. The summed E-state index contributed by atoms with van der Waals surface area (Å²) in [5, 5.41) is 4.40. The standard InChI is InChI=1S/C18H25N3O/c1-13(2)21-11-15(12-21)19-18(22)9-8-14-10-20(3)17-7-5-4-6-16(14)17/h4-7,10,13,15H,8-9,11-12H2,1-3H3,(H,19,22). The van der Waals surface area contributed by atoms with E-state index in [1.807, 2.05) is 0 Å². The number of aryl methyl sites for hydroxylation is 2. The normalized spacial score (nSPS) is 16.2. The third-order valence-electron chi connectivity index (χ3n) is 4.61. The molecule has 0 saturated carbocycles. The first-order chi connectivity index (χ1) is 10.5. The van der Waals surface area contributed by atoms with Crippen LogP contribution in [0.1, 0.15) is 25.8 Å². The molecule has 1 fully saturated rings. The molecule has 3 rings (SSSR count). The third-order valence-corrected chi connectivity index (χ3v) is 4.61. The summed E-state index contributed by atoms with van der Waals surface area (Å²) in [6, 6.07) is 9.27. The van der Waals surface area contributed by atoms with Gasteiger partial charge in [-0.25, -0.2) is 0 Å². The zero-order valence-electron chi connectivity index (χ0n) is 13.7. The highest BCUT2D eigenvalue weighted by Crippen LogP contribution is 2.21. The Morgan fingerprint density at radius 1 is 1.32 bits per heavy atom. The first-order valence-electron chi connectivity index (χ1n) is 8.11. The van der Waals surface area contributed by atoms with Crippen molar-refractivity contribution in [3.8, 4) is 0 Å². The number of amides is 1. The number of hydrogen-bond acceptors (Lipinski definition) is 2. The number of rotatable bonds is 5. The van der Waals surface area contributed by atoms with Gasteiger partial charge in [0, 0.05) is 49.7 Å². The smallest absolute Gasteiger partial charge is 0.220 e. The number of fused-ring (bicyclic) bond motifs is 1. The Kier molecular flexibility index (Phi) is 4.21. The number of para-hydroxylation sites is 1. The lowest BCUT2D eigenvalue weighted by Crippen LogP contribution is -2.61. The zero-order valence-corrected chi connectivity index (χ0v) is 13.7. The Hall–Kier alpha value is -1.81. The molecule has 0 radical (unpaired) electrons. The van der Waals surface area contributed by atoms with E-state index < -0.39 is 0 Å². The minimum absolute atomic E-state index is 0.168. The van der Waals surface area contributed by atoms with Crippen LogP contribution < -0.4 is 5.32 Å². The molecule has 1 aliphatic rings. The Morgan fingerprint density at radius 2 is 2.05 bits per heavy atom. The average molecular weight is 299 g/mol. The minimum Gasteiger partial charge on any atom is -0.351 e. The van der Waals surface area contributed by atoms with Gasteiger partial charge in [0.15, 0.2) is 0 Å². The van der Waals surface area contributed by atoms with Crippen LogP contribution in [0, 0.1) is 0 Å². The van der Waals surface area contributed by atoms with Crippen LogP contribution in [0.15, 0.2) is 30.5 Å². The van der Waals surface area contributed by atoms with Gasteiger partial charge in [-0.3, -0.25) is 9.69 Å². The maximum absolute atomic E-state index is 12.1. The Bertz CT molecular complexity index is 668. The quantitative estimate of drug-likeness (QED) is 0.920. The van der Waals surface area contributed by atoms with Crippen LogP contribution >= 0.6 is 0 Å². The van der Waals surface area contributed by atoms with E-state index in [0.29, 0.717) is 18.5 Å². The van der Waals surface area contributed by atoms with Gasteiger partial charge in [0.25, 0.3) is 0 Å². The molecule has 0 atom stereocenters. The van der Waals surface area contributed by atoms with Crippen LogP contribution in [0.25, 0.3) is 10.9 Å². The molecule has 0 unspecified atom stereocenters. The van der Waals surface area contributed by atoms with Crippen molar-refractivity contribution in [2.75, 3.05) is 13.1 Å². The number of carbonyl (C=O) groups is 1. The molecule has 1 saturated heterocycles. The number of nitrogens with zero attached hydrogens (tertiary/aromatic N) is 2. The van der Waals surface area contributed by atoms with Gasteiger partial charge in [-0.2, -0.15) is 0 Å². The van der Waals surface area contributed by atoms with Crippen LogP contribution in [-0.2, 0) is 18.3 Å². The first kappa shape index (κ1) is 15.1. The Labute approximate surface area is 132 Å². The monoisotopic (exact) mass is 299 g/mol. The number of aromatic nitrogens is 1. The summed E-state index contributed by atoms with van der Waals surface area (Å²) in [6.07, 6.45) is 3.50. The fourth-order valence-corrected chi connectivity index (χ4v) is 3.20. The largest absolute Gasteiger partial charge is 0.351 e. The molecule has 0 bridgehead atoms. The van der Waals surface area contributed by atoms with Crippen molar-refractivity contribution in [3.63, 3.8) is 0 Å².